The molecule has 0 radical (unpaired) electrons. The van der Waals surface area contributed by atoms with Gasteiger partial charge in [-0.15, -0.1) is 0 Å². The van der Waals surface area contributed by atoms with Crippen molar-refractivity contribution in [1.29, 1.82) is 0 Å². The first kappa shape index (κ1) is 31.0. The Labute approximate surface area is 241 Å². The molecule has 3 N–H and O–H groups in total. The van der Waals surface area contributed by atoms with E-state index in [-0.39, 0.29) is 0 Å². The van der Waals surface area contributed by atoms with Crippen molar-refractivity contribution < 1.29 is 9.47 Å². The summed E-state index contributed by atoms with van der Waals surface area (Å²) in [6.07, 6.45) is 11.7. The summed E-state index contributed by atoms with van der Waals surface area (Å²) in [5.41, 5.74) is 10.0. The van der Waals surface area contributed by atoms with Crippen molar-refractivity contribution in [3.05, 3.63) is 96.2 Å². The first-order valence-corrected chi connectivity index (χ1v) is 15.0. The van der Waals surface area contributed by atoms with Crippen LogP contribution in [0.4, 0.5) is 5.69 Å². The van der Waals surface area contributed by atoms with Gasteiger partial charge in [0.2, 0.25) is 0 Å². The summed E-state index contributed by atoms with van der Waals surface area (Å²) in [6, 6.07) is 26.5. The number of hydrogen-bond donors (Lipinski definition) is 2. The number of fused-ring (bicyclic) bond motifs is 1. The lowest BCUT2D eigenvalue weighted by Gasteiger charge is -2.14. The predicted octanol–water partition coefficient (Wildman–Crippen LogP) is 8.91. The molecule has 5 heteroatoms. The summed E-state index contributed by atoms with van der Waals surface area (Å²) in [5, 5.41) is 4.68. The second-order valence-electron chi connectivity index (χ2n) is 9.97. The van der Waals surface area contributed by atoms with Gasteiger partial charge in [-0.3, -0.25) is 4.98 Å². The zero-order chi connectivity index (χ0) is 28.3. The van der Waals surface area contributed by atoms with Gasteiger partial charge in [0.25, 0.3) is 0 Å². The largest absolute Gasteiger partial charge is 0.493 e. The fourth-order valence-electron chi connectivity index (χ4n) is 4.47. The second kappa shape index (κ2) is 18.7. The van der Waals surface area contributed by atoms with Crippen molar-refractivity contribution in [1.82, 2.24) is 4.98 Å². The molecule has 0 bridgehead atoms. The molecule has 0 fully saturated rings. The van der Waals surface area contributed by atoms with Crippen LogP contribution < -0.4 is 20.5 Å². The van der Waals surface area contributed by atoms with E-state index in [1.54, 1.807) is 0 Å². The van der Waals surface area contributed by atoms with Crippen LogP contribution in [0.25, 0.3) is 10.9 Å². The molecule has 5 nitrogen and oxygen atoms in total. The van der Waals surface area contributed by atoms with Gasteiger partial charge in [-0.05, 0) is 37.1 Å². The number of nitrogens with one attached hydrogen (secondary N) is 1. The predicted molar refractivity (Wildman–Crippen MR) is 169 cm³/mol. The van der Waals surface area contributed by atoms with Crippen LogP contribution in [0.15, 0.2) is 85.1 Å². The van der Waals surface area contributed by atoms with Crippen molar-refractivity contribution in [2.45, 2.75) is 78.3 Å². The van der Waals surface area contributed by atoms with Gasteiger partial charge in [0.1, 0.15) is 11.5 Å². The fraction of sp³-hybridized carbons (Fsp3) is 0.400. The molecule has 0 spiro atoms. The molecule has 1 aromatic heterocycles. The van der Waals surface area contributed by atoms with Gasteiger partial charge in [0, 0.05) is 41.5 Å². The Bertz CT molecular complexity index is 1240. The summed E-state index contributed by atoms with van der Waals surface area (Å²) in [4.78, 5) is 4.41. The monoisotopic (exact) mass is 541 g/mol. The summed E-state index contributed by atoms with van der Waals surface area (Å²) in [5.74, 6) is 1.92. The number of anilines is 1. The van der Waals surface area contributed by atoms with Gasteiger partial charge >= 0.3 is 0 Å². The minimum Gasteiger partial charge on any atom is -0.493 e. The maximum absolute atomic E-state index is 6.01. The average molecular weight is 542 g/mol. The topological polar surface area (TPSA) is 69.4 Å². The Morgan fingerprint density at radius 2 is 1.23 bits per heavy atom. The van der Waals surface area contributed by atoms with Crippen LogP contribution in [0.2, 0.25) is 0 Å². The summed E-state index contributed by atoms with van der Waals surface area (Å²) in [7, 11) is 0. The molecule has 0 aliphatic carbocycles. The number of pyridine rings is 1. The number of benzene rings is 3. The van der Waals surface area contributed by atoms with Gasteiger partial charge in [-0.25, -0.2) is 0 Å². The summed E-state index contributed by atoms with van der Waals surface area (Å²) >= 11 is 0. The molecule has 0 saturated heterocycles. The molecule has 1 heterocycles. The van der Waals surface area contributed by atoms with E-state index >= 15 is 0 Å². The second-order valence-corrected chi connectivity index (χ2v) is 9.97. The molecule has 4 rings (SSSR count). The third kappa shape index (κ3) is 10.5. The Morgan fingerprint density at radius 1 is 0.650 bits per heavy atom. The highest BCUT2D eigenvalue weighted by Crippen LogP contribution is 2.24. The standard InChI is InChI=1S/C22H26N2O.C13H21NO/c1-2-3-4-9-16-25-22-13-8-5-10-18(22)17-24-21-14-15-23-20-12-7-6-11-19(20)21;1-2-3-4-7-10-15-13-9-6-5-8-12(13)11-14/h5-8,10-15H,2-4,9,16-17H2,1H3,(H,23,24);5-6,8-9H,2-4,7,10-11,14H2,1H3. The molecule has 0 atom stereocenters. The number of rotatable bonds is 16. The van der Waals surface area contributed by atoms with E-state index in [0.29, 0.717) is 6.54 Å². The molecule has 4 aromatic rings. The highest BCUT2D eigenvalue weighted by atomic mass is 16.5. The Kier molecular flexibility index (Phi) is 14.5. The normalized spacial score (nSPS) is 10.6. The van der Waals surface area contributed by atoms with Crippen LogP contribution in [0.3, 0.4) is 0 Å². The highest BCUT2D eigenvalue weighted by Gasteiger charge is 2.05. The van der Waals surface area contributed by atoms with Crippen LogP contribution in [0.5, 0.6) is 11.5 Å². The van der Waals surface area contributed by atoms with Crippen molar-refractivity contribution in [3.8, 4) is 11.5 Å². The van der Waals surface area contributed by atoms with E-state index in [9.17, 15) is 0 Å². The quantitative estimate of drug-likeness (QED) is 0.139. The number of nitrogens with zero attached hydrogens (tertiary/aromatic N) is 1. The Morgan fingerprint density at radius 3 is 1.88 bits per heavy atom. The zero-order valence-corrected chi connectivity index (χ0v) is 24.4. The third-order valence-electron chi connectivity index (χ3n) is 6.79. The van der Waals surface area contributed by atoms with E-state index in [1.807, 2.05) is 60.8 Å². The van der Waals surface area contributed by atoms with E-state index in [4.69, 9.17) is 15.2 Å². The molecule has 214 valence electrons. The van der Waals surface area contributed by atoms with Gasteiger partial charge in [-0.2, -0.15) is 0 Å². The number of nitrogens with two attached hydrogens (primary N) is 1. The third-order valence-corrected chi connectivity index (χ3v) is 6.79. The molecule has 0 saturated carbocycles. The van der Waals surface area contributed by atoms with Gasteiger partial charge in [0.05, 0.1) is 18.7 Å². The van der Waals surface area contributed by atoms with Crippen molar-refractivity contribution >= 4 is 16.6 Å². The van der Waals surface area contributed by atoms with E-state index < -0.39 is 0 Å². The molecule has 0 aliphatic heterocycles. The minimum absolute atomic E-state index is 0.547. The maximum Gasteiger partial charge on any atom is 0.124 e. The molecule has 40 heavy (non-hydrogen) atoms. The van der Waals surface area contributed by atoms with Gasteiger partial charge < -0.3 is 20.5 Å². The summed E-state index contributed by atoms with van der Waals surface area (Å²) in [6.45, 7) is 7.31. The van der Waals surface area contributed by atoms with E-state index in [1.165, 1.54) is 44.1 Å². The van der Waals surface area contributed by atoms with Crippen molar-refractivity contribution in [2.75, 3.05) is 18.5 Å². The number of unbranched alkanes of at least 4 members (excludes halogenated alkanes) is 6. The molecular formula is C35H47N3O2. The Hall–Kier alpha value is -3.57. The number of hydrogen-bond acceptors (Lipinski definition) is 5. The van der Waals surface area contributed by atoms with Crippen LogP contribution in [0.1, 0.15) is 76.3 Å². The van der Waals surface area contributed by atoms with Crippen LogP contribution in [-0.2, 0) is 13.1 Å². The first-order chi connectivity index (χ1) is 19.8. The lowest BCUT2D eigenvalue weighted by atomic mass is 10.1. The number of para-hydroxylation sites is 3. The highest BCUT2D eigenvalue weighted by molar-refractivity contribution is 5.90. The van der Waals surface area contributed by atoms with Crippen molar-refractivity contribution in [3.63, 3.8) is 0 Å². The lowest BCUT2D eigenvalue weighted by Crippen LogP contribution is -2.05. The van der Waals surface area contributed by atoms with Crippen LogP contribution in [0, 0.1) is 0 Å². The number of aromatic nitrogens is 1. The Balaban J connectivity index is 0.000000252. The van der Waals surface area contributed by atoms with Gasteiger partial charge in [0.15, 0.2) is 0 Å². The smallest absolute Gasteiger partial charge is 0.124 e. The fourth-order valence-corrected chi connectivity index (χ4v) is 4.47. The van der Waals surface area contributed by atoms with Gasteiger partial charge in [-0.1, -0.05) is 107 Å². The van der Waals surface area contributed by atoms with E-state index in [0.717, 1.165) is 66.3 Å². The molecule has 0 amide bonds. The first-order valence-electron chi connectivity index (χ1n) is 15.0. The van der Waals surface area contributed by atoms with Crippen LogP contribution >= 0.6 is 0 Å². The summed E-state index contributed by atoms with van der Waals surface area (Å²) < 4.78 is 11.7. The minimum atomic E-state index is 0.547. The maximum atomic E-state index is 6.01. The molecule has 0 aliphatic rings. The number of ether oxygens (including phenoxy) is 2. The lowest BCUT2D eigenvalue weighted by molar-refractivity contribution is 0.302. The zero-order valence-electron chi connectivity index (χ0n) is 24.4. The SMILES string of the molecule is CCCCCCOc1ccccc1CN.CCCCCCOc1ccccc1CNc1ccnc2ccccc12. The molecule has 0 unspecified atom stereocenters. The van der Waals surface area contributed by atoms with E-state index in [2.05, 4.69) is 48.4 Å². The average Bonchev–Trinajstić information content (AvgIpc) is 3.01. The van der Waals surface area contributed by atoms with Crippen molar-refractivity contribution in [2.24, 2.45) is 5.73 Å². The molecule has 3 aromatic carbocycles. The van der Waals surface area contributed by atoms with Crippen LogP contribution in [-0.4, -0.2) is 18.2 Å². The molecular weight excluding hydrogens is 494 g/mol.